The summed E-state index contributed by atoms with van der Waals surface area (Å²) in [5.74, 6) is -0.0698. The van der Waals surface area contributed by atoms with E-state index in [1.807, 2.05) is 25.1 Å². The summed E-state index contributed by atoms with van der Waals surface area (Å²) in [6.07, 6.45) is 1.56. The average molecular weight is 578 g/mol. The highest BCUT2D eigenvalue weighted by atomic mass is 127. The van der Waals surface area contributed by atoms with E-state index in [2.05, 4.69) is 27.6 Å². The van der Waals surface area contributed by atoms with Crippen molar-refractivity contribution in [3.8, 4) is 11.5 Å². The summed E-state index contributed by atoms with van der Waals surface area (Å²) in [6.45, 7) is 1.98. The number of cyclic esters (lactones) is 1. The highest BCUT2D eigenvalue weighted by molar-refractivity contribution is 14.1. The maximum absolute atomic E-state index is 13.9. The van der Waals surface area contributed by atoms with Gasteiger partial charge in [0.25, 0.3) is 0 Å². The van der Waals surface area contributed by atoms with E-state index in [4.69, 9.17) is 25.8 Å². The molecule has 0 atom stereocenters. The number of ether oxygens (including phenoxy) is 3. The van der Waals surface area contributed by atoms with Crippen LogP contribution in [0.5, 0.6) is 11.5 Å². The zero-order chi connectivity index (χ0) is 23.5. The maximum Gasteiger partial charge on any atom is 0.363 e. The molecule has 0 aromatic heterocycles. The highest BCUT2D eigenvalue weighted by Crippen LogP contribution is 2.38. The van der Waals surface area contributed by atoms with Crippen molar-refractivity contribution in [2.45, 2.75) is 13.5 Å². The van der Waals surface area contributed by atoms with Crippen molar-refractivity contribution >= 4 is 52.1 Å². The summed E-state index contributed by atoms with van der Waals surface area (Å²) < 4.78 is 31.4. The zero-order valence-corrected chi connectivity index (χ0v) is 20.6. The summed E-state index contributed by atoms with van der Waals surface area (Å²) >= 11 is 8.64. The highest BCUT2D eigenvalue weighted by Gasteiger charge is 2.25. The largest absolute Gasteiger partial charge is 0.493 e. The molecule has 33 heavy (non-hydrogen) atoms. The Morgan fingerprint density at radius 1 is 1.18 bits per heavy atom. The lowest BCUT2D eigenvalue weighted by Crippen LogP contribution is -2.05. The minimum absolute atomic E-state index is 0.0154. The molecule has 0 N–H and O–H groups in total. The standard InChI is InChI=1S/C25H18ClFINO4/c1-14-7-8-16(12-20(14)28)24-29-21(25(30)33-24)10-15-9-18(26)23(22(11-15)31-2)32-13-17-5-3-4-6-19(17)27/h3-12H,13H2,1-2H3. The predicted molar refractivity (Wildman–Crippen MR) is 133 cm³/mol. The number of hydrogen-bond acceptors (Lipinski definition) is 5. The second-order valence-electron chi connectivity index (χ2n) is 7.21. The molecule has 1 aliphatic heterocycles. The number of benzene rings is 3. The van der Waals surface area contributed by atoms with E-state index >= 15 is 0 Å². The first kappa shape index (κ1) is 23.3. The van der Waals surface area contributed by atoms with Gasteiger partial charge in [0.05, 0.1) is 12.1 Å². The van der Waals surface area contributed by atoms with Crippen LogP contribution >= 0.6 is 34.2 Å². The topological polar surface area (TPSA) is 57.1 Å². The van der Waals surface area contributed by atoms with E-state index in [9.17, 15) is 9.18 Å². The number of hydrogen-bond donors (Lipinski definition) is 0. The summed E-state index contributed by atoms with van der Waals surface area (Å²) in [4.78, 5) is 16.7. The molecule has 4 rings (SSSR count). The van der Waals surface area contributed by atoms with E-state index in [1.54, 1.807) is 36.4 Å². The molecule has 0 fully saturated rings. The second kappa shape index (κ2) is 9.93. The number of aliphatic imine (C=N–C) groups is 1. The van der Waals surface area contributed by atoms with Gasteiger partial charge in [0.1, 0.15) is 12.4 Å². The van der Waals surface area contributed by atoms with Crippen molar-refractivity contribution < 1.29 is 23.4 Å². The van der Waals surface area contributed by atoms with Crippen LogP contribution in [0.3, 0.4) is 0 Å². The minimum atomic E-state index is -0.560. The van der Waals surface area contributed by atoms with Gasteiger partial charge in [-0.05, 0) is 77.0 Å². The van der Waals surface area contributed by atoms with Gasteiger partial charge in [-0.3, -0.25) is 0 Å². The van der Waals surface area contributed by atoms with E-state index in [0.717, 1.165) is 9.13 Å². The lowest BCUT2D eigenvalue weighted by atomic mass is 10.1. The van der Waals surface area contributed by atoms with Crippen LogP contribution in [0, 0.1) is 16.3 Å². The van der Waals surface area contributed by atoms with Crippen LogP contribution < -0.4 is 9.47 Å². The van der Waals surface area contributed by atoms with Crippen LogP contribution in [-0.2, 0) is 16.1 Å². The lowest BCUT2D eigenvalue weighted by molar-refractivity contribution is -0.129. The molecule has 0 aliphatic carbocycles. The molecule has 0 saturated carbocycles. The van der Waals surface area contributed by atoms with Gasteiger partial charge in [0.15, 0.2) is 17.2 Å². The maximum atomic E-state index is 13.9. The number of esters is 1. The van der Waals surface area contributed by atoms with Gasteiger partial charge in [-0.2, -0.15) is 0 Å². The monoisotopic (exact) mass is 577 g/mol. The minimum Gasteiger partial charge on any atom is -0.493 e. The Bertz CT molecular complexity index is 1310. The zero-order valence-electron chi connectivity index (χ0n) is 17.7. The van der Waals surface area contributed by atoms with Crippen molar-refractivity contribution in [1.29, 1.82) is 0 Å². The molecule has 5 nitrogen and oxygen atoms in total. The smallest absolute Gasteiger partial charge is 0.363 e. The fourth-order valence-electron chi connectivity index (χ4n) is 3.14. The molecule has 3 aromatic rings. The number of rotatable bonds is 6. The van der Waals surface area contributed by atoms with Crippen LogP contribution in [0.4, 0.5) is 4.39 Å². The Morgan fingerprint density at radius 2 is 1.97 bits per heavy atom. The van der Waals surface area contributed by atoms with Crippen molar-refractivity contribution in [2.75, 3.05) is 7.11 Å². The third-order valence-corrected chi connectivity index (χ3v) is 6.37. The Hall–Kier alpha value is -2.91. The molecule has 0 saturated heterocycles. The number of halogens is 3. The van der Waals surface area contributed by atoms with Crippen LogP contribution in [0.1, 0.15) is 22.3 Å². The Morgan fingerprint density at radius 3 is 2.70 bits per heavy atom. The normalized spacial score (nSPS) is 14.3. The van der Waals surface area contributed by atoms with Crippen molar-refractivity contribution in [1.82, 2.24) is 0 Å². The molecule has 0 radical (unpaired) electrons. The van der Waals surface area contributed by atoms with Crippen LogP contribution in [0.2, 0.25) is 5.02 Å². The predicted octanol–water partition coefficient (Wildman–Crippen LogP) is 6.32. The molecule has 0 amide bonds. The summed E-state index contributed by atoms with van der Waals surface area (Å²) in [6, 6.07) is 15.3. The molecule has 1 aliphatic rings. The molecule has 0 bridgehead atoms. The summed E-state index contributed by atoms with van der Waals surface area (Å²) in [5.41, 5.74) is 2.95. The van der Waals surface area contributed by atoms with Crippen molar-refractivity contribution in [3.05, 3.63) is 97.0 Å². The fraction of sp³-hybridized carbons (Fsp3) is 0.120. The number of carbonyl (C=O) groups is 1. The molecule has 168 valence electrons. The number of aryl methyl sites for hydroxylation is 1. The molecule has 3 aromatic carbocycles. The van der Waals surface area contributed by atoms with Crippen molar-refractivity contribution in [2.24, 2.45) is 4.99 Å². The van der Waals surface area contributed by atoms with Gasteiger partial charge in [0.2, 0.25) is 5.90 Å². The molecular formula is C25H18ClFINO4. The Labute approximate surface area is 209 Å². The van der Waals surface area contributed by atoms with Gasteiger partial charge in [-0.15, -0.1) is 0 Å². The first-order chi connectivity index (χ1) is 15.9. The molecule has 0 spiro atoms. The van der Waals surface area contributed by atoms with E-state index < -0.39 is 5.97 Å². The van der Waals surface area contributed by atoms with Gasteiger partial charge < -0.3 is 14.2 Å². The number of methoxy groups -OCH3 is 1. The van der Waals surface area contributed by atoms with Gasteiger partial charge in [-0.25, -0.2) is 14.2 Å². The molecular weight excluding hydrogens is 560 g/mol. The average Bonchev–Trinajstić information content (AvgIpc) is 3.15. The van der Waals surface area contributed by atoms with Crippen molar-refractivity contribution in [3.63, 3.8) is 0 Å². The van der Waals surface area contributed by atoms with Gasteiger partial charge >= 0.3 is 5.97 Å². The first-order valence-corrected chi connectivity index (χ1v) is 11.3. The lowest BCUT2D eigenvalue weighted by Gasteiger charge is -2.13. The number of nitrogens with zero attached hydrogens (tertiary/aromatic N) is 1. The first-order valence-electron chi connectivity index (χ1n) is 9.88. The fourth-order valence-corrected chi connectivity index (χ4v) is 3.93. The third-order valence-electron chi connectivity index (χ3n) is 4.92. The van der Waals surface area contributed by atoms with E-state index in [1.165, 1.54) is 13.2 Å². The summed E-state index contributed by atoms with van der Waals surface area (Å²) in [5, 5.41) is 0.251. The van der Waals surface area contributed by atoms with E-state index in [-0.39, 0.29) is 34.8 Å². The SMILES string of the molecule is COc1cc(C=C2N=C(c3ccc(C)c(I)c3)OC2=O)cc(Cl)c1OCc1ccccc1F. The Balaban J connectivity index is 1.60. The van der Waals surface area contributed by atoms with Gasteiger partial charge in [-0.1, -0.05) is 35.9 Å². The van der Waals surface area contributed by atoms with Crippen LogP contribution in [0.25, 0.3) is 6.08 Å². The molecule has 0 unspecified atom stereocenters. The second-order valence-corrected chi connectivity index (χ2v) is 8.78. The number of carbonyl (C=O) groups excluding carboxylic acids is 1. The van der Waals surface area contributed by atoms with Crippen LogP contribution in [-0.4, -0.2) is 19.0 Å². The molecule has 8 heteroatoms. The van der Waals surface area contributed by atoms with Crippen LogP contribution in [0.15, 0.2) is 65.3 Å². The Kier molecular flexibility index (Phi) is 6.99. The quantitative estimate of drug-likeness (QED) is 0.195. The van der Waals surface area contributed by atoms with Gasteiger partial charge in [0, 0.05) is 14.7 Å². The third kappa shape index (κ3) is 5.20. The molecule has 1 heterocycles. The van der Waals surface area contributed by atoms with E-state index in [0.29, 0.717) is 22.4 Å². The summed E-state index contributed by atoms with van der Waals surface area (Å²) in [7, 11) is 1.47.